The van der Waals surface area contributed by atoms with Crippen LogP contribution in [0.3, 0.4) is 0 Å². The van der Waals surface area contributed by atoms with E-state index < -0.39 is 33.6 Å². The van der Waals surface area contributed by atoms with Crippen molar-refractivity contribution in [3.63, 3.8) is 0 Å². The van der Waals surface area contributed by atoms with Gasteiger partial charge in [-0.05, 0) is 48.7 Å². The summed E-state index contributed by atoms with van der Waals surface area (Å²) in [5, 5.41) is 5.48. The lowest BCUT2D eigenvalue weighted by atomic mass is 10.0. The van der Waals surface area contributed by atoms with E-state index in [2.05, 4.69) is 15.6 Å². The first-order valence-corrected chi connectivity index (χ1v) is 13.0. The van der Waals surface area contributed by atoms with Gasteiger partial charge in [0.2, 0.25) is 5.91 Å². The summed E-state index contributed by atoms with van der Waals surface area (Å²) in [7, 11) is -3.52. The Morgan fingerprint density at radius 1 is 1.17 bits per heavy atom. The Hall–Kier alpha value is -3.50. The molecular weight excluding hydrogens is 495 g/mol. The Kier molecular flexibility index (Phi) is 7.04. The number of rotatable bonds is 5. The van der Waals surface area contributed by atoms with Gasteiger partial charge in [0.1, 0.15) is 17.0 Å². The minimum atomic E-state index is -3.52. The third-order valence-electron chi connectivity index (χ3n) is 5.57. The van der Waals surface area contributed by atoms with Crippen LogP contribution in [0.25, 0.3) is 11.1 Å². The Balaban J connectivity index is 1.52. The van der Waals surface area contributed by atoms with Crippen molar-refractivity contribution < 1.29 is 22.4 Å². The van der Waals surface area contributed by atoms with Crippen LogP contribution in [0.1, 0.15) is 12.8 Å². The van der Waals surface area contributed by atoms with Gasteiger partial charge in [0.25, 0.3) is 0 Å². The van der Waals surface area contributed by atoms with Crippen molar-refractivity contribution in [2.75, 3.05) is 23.0 Å². The number of aromatic nitrogens is 1. The summed E-state index contributed by atoms with van der Waals surface area (Å²) >= 11 is 5.74. The second-order valence-corrected chi connectivity index (χ2v) is 10.5. The number of urea groups is 1. The van der Waals surface area contributed by atoms with Crippen LogP contribution < -0.4 is 15.5 Å². The molecule has 4 rings (SSSR count). The smallest absolute Gasteiger partial charge is 0.319 e. The maximum Gasteiger partial charge on any atom is 0.319 e. The molecule has 8 nitrogen and oxygen atoms in total. The molecule has 0 aliphatic carbocycles. The Bertz CT molecular complexity index is 1380. The average molecular weight is 517 g/mol. The molecule has 0 radical (unpaired) electrons. The summed E-state index contributed by atoms with van der Waals surface area (Å²) in [6.45, 7) is 0.288. The molecule has 11 heteroatoms. The third-order valence-corrected chi connectivity index (χ3v) is 6.94. The van der Waals surface area contributed by atoms with Gasteiger partial charge in [-0.2, -0.15) is 0 Å². The summed E-state index contributed by atoms with van der Waals surface area (Å²) in [4.78, 5) is 30.7. The molecule has 1 saturated heterocycles. The van der Waals surface area contributed by atoms with Gasteiger partial charge in [-0.1, -0.05) is 35.9 Å². The van der Waals surface area contributed by atoms with Gasteiger partial charge in [-0.15, -0.1) is 0 Å². The first-order chi connectivity index (χ1) is 16.6. The molecule has 1 fully saturated rings. The highest BCUT2D eigenvalue weighted by atomic mass is 35.5. The number of hydrogen-bond donors (Lipinski definition) is 2. The van der Waals surface area contributed by atoms with Gasteiger partial charge in [0, 0.05) is 18.4 Å². The lowest BCUT2D eigenvalue weighted by Crippen LogP contribution is -2.53. The maximum atomic E-state index is 15.2. The zero-order valence-corrected chi connectivity index (χ0v) is 20.2. The van der Waals surface area contributed by atoms with Crippen molar-refractivity contribution in [2.24, 2.45) is 0 Å². The topological polar surface area (TPSA) is 108 Å². The molecule has 2 N–H and O–H groups in total. The molecule has 3 aromatic rings. The zero-order chi connectivity index (χ0) is 25.2. The third kappa shape index (κ3) is 5.60. The fourth-order valence-corrected chi connectivity index (χ4v) is 4.97. The van der Waals surface area contributed by atoms with E-state index in [4.69, 9.17) is 11.6 Å². The summed E-state index contributed by atoms with van der Waals surface area (Å²) in [5.41, 5.74) is 1.22. The molecule has 1 aliphatic rings. The molecule has 1 unspecified atom stereocenters. The van der Waals surface area contributed by atoms with Crippen molar-refractivity contribution in [2.45, 2.75) is 23.8 Å². The van der Waals surface area contributed by atoms with Gasteiger partial charge < -0.3 is 15.5 Å². The Morgan fingerprint density at radius 2 is 1.94 bits per heavy atom. The molecular formula is C24H22ClFN4O4S. The number of benzene rings is 2. The minimum absolute atomic E-state index is 0.0596. The van der Waals surface area contributed by atoms with Gasteiger partial charge >= 0.3 is 6.03 Å². The van der Waals surface area contributed by atoms with Gasteiger partial charge in [-0.3, -0.25) is 4.79 Å². The fraction of sp³-hybridized carbons (Fsp3) is 0.208. The Labute approximate surface area is 207 Å². The van der Waals surface area contributed by atoms with Crippen molar-refractivity contribution in [3.8, 4) is 11.1 Å². The number of piperidine rings is 1. The number of sulfone groups is 1. The average Bonchev–Trinajstić information content (AvgIpc) is 2.82. The molecule has 1 aliphatic heterocycles. The standard InChI is InChI=1S/C24H22ClFN4O4S/c1-35(33,34)21-7-3-2-5-17(21)15-8-10-20(18(26)13-15)30-12-4-6-19(23(30)31)29-24(32)28-16-9-11-22(25)27-14-16/h2-3,5,7-11,13-14,19H,4,6,12H2,1H3,(H2,28,29,32). The van der Waals surface area contributed by atoms with E-state index in [0.29, 0.717) is 29.7 Å². The van der Waals surface area contributed by atoms with Crippen LogP contribution in [0.15, 0.2) is 65.7 Å². The highest BCUT2D eigenvalue weighted by Crippen LogP contribution is 2.32. The number of pyridine rings is 1. The molecule has 0 spiro atoms. The van der Waals surface area contributed by atoms with E-state index in [-0.39, 0.29) is 22.3 Å². The lowest BCUT2D eigenvalue weighted by Gasteiger charge is -2.33. The second kappa shape index (κ2) is 10.0. The largest absolute Gasteiger partial charge is 0.326 e. The molecule has 0 bridgehead atoms. The number of nitrogens with one attached hydrogen (secondary N) is 2. The number of anilines is 2. The van der Waals surface area contributed by atoms with Gasteiger partial charge in [-0.25, -0.2) is 22.6 Å². The van der Waals surface area contributed by atoms with Crippen LogP contribution in [0, 0.1) is 5.82 Å². The number of amides is 3. The SMILES string of the molecule is CS(=O)(=O)c1ccccc1-c1ccc(N2CCCC(NC(=O)Nc3ccc(Cl)nc3)C2=O)c(F)c1. The minimum Gasteiger partial charge on any atom is -0.326 e. The molecule has 1 atom stereocenters. The van der Waals surface area contributed by atoms with Crippen molar-refractivity contribution in [1.82, 2.24) is 10.3 Å². The summed E-state index contributed by atoms with van der Waals surface area (Å²) in [6, 6.07) is 12.2. The normalized spacial score (nSPS) is 16.1. The molecule has 35 heavy (non-hydrogen) atoms. The van der Waals surface area contributed by atoms with Crippen LogP contribution in [0.4, 0.5) is 20.6 Å². The first-order valence-electron chi connectivity index (χ1n) is 10.7. The molecule has 1 aromatic heterocycles. The fourth-order valence-electron chi connectivity index (χ4n) is 3.95. The highest BCUT2D eigenvalue weighted by Gasteiger charge is 2.32. The van der Waals surface area contributed by atoms with E-state index >= 15 is 4.39 Å². The molecule has 3 amide bonds. The van der Waals surface area contributed by atoms with Crippen molar-refractivity contribution in [1.29, 1.82) is 0 Å². The second-order valence-electron chi connectivity index (χ2n) is 8.09. The van der Waals surface area contributed by atoms with E-state index in [9.17, 15) is 18.0 Å². The Morgan fingerprint density at radius 3 is 2.63 bits per heavy atom. The summed E-state index contributed by atoms with van der Waals surface area (Å²) in [6.07, 6.45) is 3.44. The highest BCUT2D eigenvalue weighted by molar-refractivity contribution is 7.90. The molecule has 182 valence electrons. The first kappa shape index (κ1) is 24.6. The van der Waals surface area contributed by atoms with Crippen molar-refractivity contribution in [3.05, 3.63) is 71.8 Å². The predicted octanol–water partition coefficient (Wildman–Crippen LogP) is 4.26. The number of carbonyl (C=O) groups is 2. The van der Waals surface area contributed by atoms with Crippen LogP contribution >= 0.6 is 11.6 Å². The summed E-state index contributed by atoms with van der Waals surface area (Å²) < 4.78 is 39.4. The zero-order valence-electron chi connectivity index (χ0n) is 18.7. The number of hydrogen-bond acceptors (Lipinski definition) is 5. The van der Waals surface area contributed by atoms with Crippen LogP contribution in [0.5, 0.6) is 0 Å². The number of halogens is 2. The predicted molar refractivity (Wildman–Crippen MR) is 132 cm³/mol. The van der Waals surface area contributed by atoms with Crippen LogP contribution in [0.2, 0.25) is 5.15 Å². The van der Waals surface area contributed by atoms with Crippen LogP contribution in [-0.4, -0.2) is 44.2 Å². The van der Waals surface area contributed by atoms with E-state index in [0.717, 1.165) is 6.26 Å². The van der Waals surface area contributed by atoms with Gasteiger partial charge in [0.05, 0.1) is 22.5 Å². The van der Waals surface area contributed by atoms with Gasteiger partial charge in [0.15, 0.2) is 9.84 Å². The lowest BCUT2D eigenvalue weighted by molar-refractivity contribution is -0.121. The van der Waals surface area contributed by atoms with E-state index in [1.54, 1.807) is 30.3 Å². The summed E-state index contributed by atoms with van der Waals surface area (Å²) in [5.74, 6) is -1.11. The van der Waals surface area contributed by atoms with E-state index in [1.807, 2.05) is 0 Å². The number of carbonyl (C=O) groups excluding carboxylic acids is 2. The van der Waals surface area contributed by atoms with Crippen LogP contribution in [-0.2, 0) is 14.6 Å². The van der Waals surface area contributed by atoms with Crippen molar-refractivity contribution >= 4 is 44.8 Å². The maximum absolute atomic E-state index is 15.2. The molecule has 2 aromatic carbocycles. The quantitative estimate of drug-likeness (QED) is 0.492. The monoisotopic (exact) mass is 516 g/mol. The number of nitrogens with zero attached hydrogens (tertiary/aromatic N) is 2. The molecule has 2 heterocycles. The van der Waals surface area contributed by atoms with E-state index in [1.165, 1.54) is 35.4 Å². The molecule has 0 saturated carbocycles.